The van der Waals surface area contributed by atoms with Crippen molar-refractivity contribution in [3.8, 4) is 11.8 Å². The molecule has 1 aliphatic heterocycles. The third-order valence-electron chi connectivity index (χ3n) is 5.40. The van der Waals surface area contributed by atoms with Crippen LogP contribution < -0.4 is 10.2 Å². The Hall–Kier alpha value is -3.56. The largest absolute Gasteiger partial charge is 0.423 e. The van der Waals surface area contributed by atoms with Gasteiger partial charge in [0, 0.05) is 30.3 Å². The molecule has 6 heteroatoms. The number of fused-ring (bicyclic) bond motifs is 1. The summed E-state index contributed by atoms with van der Waals surface area (Å²) in [6.07, 6.45) is 1.53. The summed E-state index contributed by atoms with van der Waals surface area (Å²) >= 11 is 1.62. The van der Waals surface area contributed by atoms with E-state index in [0.29, 0.717) is 6.01 Å². The summed E-state index contributed by atoms with van der Waals surface area (Å²) in [7, 11) is 0. The number of carbonyl (C=O) groups excluding carboxylic acids is 1. The number of carbonyl (C=O) groups is 1. The van der Waals surface area contributed by atoms with Gasteiger partial charge >= 0.3 is 0 Å². The first kappa shape index (κ1) is 19.4. The van der Waals surface area contributed by atoms with Crippen LogP contribution in [0, 0.1) is 17.8 Å². The van der Waals surface area contributed by atoms with Gasteiger partial charge in [0.05, 0.1) is 4.88 Å². The third kappa shape index (κ3) is 4.47. The molecule has 0 unspecified atom stereocenters. The van der Waals surface area contributed by atoms with E-state index in [-0.39, 0.29) is 11.8 Å². The topological polar surface area (TPSA) is 58.4 Å². The number of para-hydroxylation sites is 2. The van der Waals surface area contributed by atoms with Crippen LogP contribution in [0.3, 0.4) is 0 Å². The number of hydrogen-bond donors (Lipinski definition) is 1. The molecule has 0 atom stereocenters. The van der Waals surface area contributed by atoms with E-state index in [1.165, 1.54) is 0 Å². The number of oxazole rings is 1. The lowest BCUT2D eigenvalue weighted by Crippen LogP contribution is -2.38. The lowest BCUT2D eigenvalue weighted by molar-refractivity contribution is -0.120. The lowest BCUT2D eigenvalue weighted by Gasteiger charge is -2.30. The van der Waals surface area contributed by atoms with Crippen molar-refractivity contribution in [2.24, 2.45) is 5.92 Å². The maximum Gasteiger partial charge on any atom is 0.298 e. The number of amides is 1. The molecule has 3 heterocycles. The first-order valence-electron chi connectivity index (χ1n) is 10.3. The summed E-state index contributed by atoms with van der Waals surface area (Å²) in [6.45, 7) is 1.49. The Bertz CT molecular complexity index is 1230. The summed E-state index contributed by atoms with van der Waals surface area (Å²) in [4.78, 5) is 20.5. The number of nitrogens with one attached hydrogen (secondary N) is 1. The van der Waals surface area contributed by atoms with Gasteiger partial charge in [0.25, 0.3) is 6.01 Å². The Morgan fingerprint density at radius 1 is 1.06 bits per heavy atom. The molecule has 1 saturated heterocycles. The fraction of sp³-hybridized carbons (Fsp3) is 0.200. The van der Waals surface area contributed by atoms with Crippen molar-refractivity contribution < 1.29 is 9.21 Å². The van der Waals surface area contributed by atoms with Gasteiger partial charge in [0.15, 0.2) is 5.58 Å². The highest BCUT2D eigenvalue weighted by Gasteiger charge is 2.27. The highest BCUT2D eigenvalue weighted by Crippen LogP contribution is 2.27. The first-order chi connectivity index (χ1) is 15.2. The molecular weight excluding hydrogens is 406 g/mol. The molecule has 0 radical (unpaired) electrons. The minimum absolute atomic E-state index is 0.0264. The van der Waals surface area contributed by atoms with Crippen LogP contribution in [0.15, 0.2) is 70.5 Å². The summed E-state index contributed by atoms with van der Waals surface area (Å²) in [5.74, 6) is 6.34. The molecule has 2 aromatic carbocycles. The van der Waals surface area contributed by atoms with Crippen LogP contribution in [0.4, 0.5) is 11.7 Å². The second kappa shape index (κ2) is 8.66. The van der Waals surface area contributed by atoms with Crippen molar-refractivity contribution in [2.75, 3.05) is 23.3 Å². The van der Waals surface area contributed by atoms with Crippen LogP contribution in [0.1, 0.15) is 23.3 Å². The van der Waals surface area contributed by atoms with Crippen molar-refractivity contribution in [3.05, 3.63) is 76.5 Å². The van der Waals surface area contributed by atoms with E-state index >= 15 is 0 Å². The minimum Gasteiger partial charge on any atom is -0.423 e. The molecule has 1 amide bonds. The van der Waals surface area contributed by atoms with Gasteiger partial charge in [0.2, 0.25) is 5.91 Å². The molecule has 5 rings (SSSR count). The van der Waals surface area contributed by atoms with Crippen LogP contribution in [-0.4, -0.2) is 24.0 Å². The average molecular weight is 428 g/mol. The minimum atomic E-state index is -0.0264. The van der Waals surface area contributed by atoms with Crippen molar-refractivity contribution in [3.63, 3.8) is 0 Å². The van der Waals surface area contributed by atoms with E-state index in [2.05, 4.69) is 27.0 Å². The first-order valence-corrected chi connectivity index (χ1v) is 11.2. The SMILES string of the molecule is O=C(Nc1cccc(C#Cc2cccs2)c1)C1CCN(c2nc3ccccc3o2)CC1. The van der Waals surface area contributed by atoms with Gasteiger partial charge in [-0.3, -0.25) is 4.79 Å². The average Bonchev–Trinajstić information content (AvgIpc) is 3.48. The van der Waals surface area contributed by atoms with Crippen LogP contribution in [0.25, 0.3) is 11.1 Å². The predicted octanol–water partition coefficient (Wildman–Crippen LogP) is 5.14. The van der Waals surface area contributed by atoms with E-state index < -0.39 is 0 Å². The van der Waals surface area contributed by atoms with Gasteiger partial charge in [-0.15, -0.1) is 11.3 Å². The summed E-state index contributed by atoms with van der Waals surface area (Å²) in [6, 6.07) is 20.1. The zero-order valence-electron chi connectivity index (χ0n) is 16.9. The Balaban J connectivity index is 1.19. The Kier molecular flexibility index (Phi) is 5.42. The van der Waals surface area contributed by atoms with Crippen LogP contribution in [0.2, 0.25) is 0 Å². The van der Waals surface area contributed by atoms with Gasteiger partial charge in [-0.2, -0.15) is 4.98 Å². The molecule has 0 bridgehead atoms. The molecule has 31 heavy (non-hydrogen) atoms. The molecule has 1 N–H and O–H groups in total. The monoisotopic (exact) mass is 427 g/mol. The van der Waals surface area contributed by atoms with Gasteiger partial charge in [-0.1, -0.05) is 36.1 Å². The number of benzene rings is 2. The number of anilines is 2. The number of aromatic nitrogens is 1. The normalized spacial score (nSPS) is 14.3. The molecule has 0 spiro atoms. The van der Waals surface area contributed by atoms with E-state index in [1.54, 1.807) is 11.3 Å². The maximum atomic E-state index is 12.8. The molecular formula is C25H21N3O2S. The fourth-order valence-electron chi connectivity index (χ4n) is 3.73. The molecule has 1 aliphatic rings. The molecule has 4 aromatic rings. The number of hydrogen-bond acceptors (Lipinski definition) is 5. The van der Waals surface area contributed by atoms with E-state index in [4.69, 9.17) is 4.42 Å². The number of thiophene rings is 1. The lowest BCUT2D eigenvalue weighted by atomic mass is 9.96. The van der Waals surface area contributed by atoms with E-state index in [1.807, 2.05) is 66.0 Å². The molecule has 0 aliphatic carbocycles. The van der Waals surface area contributed by atoms with Crippen molar-refractivity contribution >= 4 is 40.0 Å². The zero-order chi connectivity index (χ0) is 21.0. The van der Waals surface area contributed by atoms with Gasteiger partial charge < -0.3 is 14.6 Å². The van der Waals surface area contributed by atoms with Crippen LogP contribution in [0.5, 0.6) is 0 Å². The molecule has 154 valence electrons. The number of nitrogens with zero attached hydrogens (tertiary/aromatic N) is 2. The standard InChI is InChI=1S/C25H21N3O2S/c29-24(26-20-6-3-5-18(17-20)10-11-21-7-4-16-31-21)19-12-14-28(15-13-19)25-27-22-8-1-2-9-23(22)30-25/h1-9,16-17,19H,12-15H2,(H,26,29). The van der Waals surface area contributed by atoms with Crippen molar-refractivity contribution in [1.82, 2.24) is 4.98 Å². The van der Waals surface area contributed by atoms with E-state index in [0.717, 1.165) is 53.2 Å². The predicted molar refractivity (Wildman–Crippen MR) is 124 cm³/mol. The quantitative estimate of drug-likeness (QED) is 0.460. The summed E-state index contributed by atoms with van der Waals surface area (Å²) < 4.78 is 5.86. The summed E-state index contributed by atoms with van der Waals surface area (Å²) in [5.41, 5.74) is 3.32. The van der Waals surface area contributed by atoms with Crippen molar-refractivity contribution in [2.45, 2.75) is 12.8 Å². The van der Waals surface area contributed by atoms with Gasteiger partial charge in [-0.05, 0) is 54.6 Å². The molecule has 2 aromatic heterocycles. The fourth-order valence-corrected chi connectivity index (χ4v) is 4.30. The Labute approximate surface area is 184 Å². The highest BCUT2D eigenvalue weighted by molar-refractivity contribution is 7.10. The van der Waals surface area contributed by atoms with Crippen molar-refractivity contribution in [1.29, 1.82) is 0 Å². The third-order valence-corrected chi connectivity index (χ3v) is 6.19. The van der Waals surface area contributed by atoms with E-state index in [9.17, 15) is 4.79 Å². The molecule has 1 fully saturated rings. The smallest absolute Gasteiger partial charge is 0.298 e. The van der Waals surface area contributed by atoms with Gasteiger partial charge in [-0.25, -0.2) is 0 Å². The number of piperidine rings is 1. The second-order valence-electron chi connectivity index (χ2n) is 7.52. The van der Waals surface area contributed by atoms with Crippen LogP contribution >= 0.6 is 11.3 Å². The molecule has 0 saturated carbocycles. The maximum absolute atomic E-state index is 12.8. The Morgan fingerprint density at radius 2 is 1.94 bits per heavy atom. The Morgan fingerprint density at radius 3 is 2.74 bits per heavy atom. The van der Waals surface area contributed by atoms with Crippen LogP contribution in [-0.2, 0) is 4.79 Å². The highest BCUT2D eigenvalue weighted by atomic mass is 32.1. The van der Waals surface area contributed by atoms with Gasteiger partial charge in [0.1, 0.15) is 5.52 Å². The zero-order valence-corrected chi connectivity index (χ0v) is 17.7. The summed E-state index contributed by atoms with van der Waals surface area (Å²) in [5, 5.41) is 5.07. The molecule has 5 nitrogen and oxygen atoms in total. The second-order valence-corrected chi connectivity index (χ2v) is 8.47. The number of rotatable bonds is 3.